The van der Waals surface area contributed by atoms with Gasteiger partial charge in [-0.25, -0.2) is 13.2 Å². The molecule has 2 amide bonds. The summed E-state index contributed by atoms with van der Waals surface area (Å²) in [6.45, 7) is 1.36. The van der Waals surface area contributed by atoms with Crippen molar-refractivity contribution in [3.63, 3.8) is 0 Å². The molecule has 3 aromatic carbocycles. The SMILES string of the molecule is CCCCN(c1ccccc1)S(=O)(=O)c1cccc(C(=O)OCC(=O)NC(=O)c2cccc([N+](=O)[O-])c2)c1. The highest BCUT2D eigenvalue weighted by atomic mass is 32.2. The second-order valence-electron chi connectivity index (χ2n) is 8.05. The molecule has 11 nitrogen and oxygen atoms in total. The number of amides is 2. The average molecular weight is 540 g/mol. The van der Waals surface area contributed by atoms with E-state index in [4.69, 9.17) is 4.74 Å². The van der Waals surface area contributed by atoms with Crippen molar-refractivity contribution in [1.29, 1.82) is 0 Å². The fourth-order valence-corrected chi connectivity index (χ4v) is 4.95. The van der Waals surface area contributed by atoms with E-state index in [-0.39, 0.29) is 28.3 Å². The molecule has 0 radical (unpaired) electrons. The van der Waals surface area contributed by atoms with Crippen molar-refractivity contribution in [3.8, 4) is 0 Å². The number of hydrogen-bond acceptors (Lipinski definition) is 8. The van der Waals surface area contributed by atoms with Gasteiger partial charge in [-0.3, -0.25) is 29.3 Å². The monoisotopic (exact) mass is 539 g/mol. The molecule has 3 rings (SSSR count). The number of benzene rings is 3. The molecule has 3 aromatic rings. The summed E-state index contributed by atoms with van der Waals surface area (Å²) in [6, 6.07) is 18.6. The minimum atomic E-state index is -4.02. The van der Waals surface area contributed by atoms with Crippen molar-refractivity contribution in [1.82, 2.24) is 5.32 Å². The van der Waals surface area contributed by atoms with Gasteiger partial charge in [0, 0.05) is 24.2 Å². The molecule has 0 bridgehead atoms. The quantitative estimate of drug-likeness (QED) is 0.220. The largest absolute Gasteiger partial charge is 0.452 e. The Morgan fingerprint density at radius 1 is 0.947 bits per heavy atom. The summed E-state index contributed by atoms with van der Waals surface area (Å²) < 4.78 is 33.1. The van der Waals surface area contributed by atoms with E-state index in [1.807, 2.05) is 12.2 Å². The Bertz CT molecular complexity index is 1440. The van der Waals surface area contributed by atoms with Crippen molar-refractivity contribution < 1.29 is 32.5 Å². The summed E-state index contributed by atoms with van der Waals surface area (Å²) in [5.74, 6) is -2.84. The highest BCUT2D eigenvalue weighted by molar-refractivity contribution is 7.92. The maximum atomic E-state index is 13.4. The van der Waals surface area contributed by atoms with Crippen LogP contribution in [0.4, 0.5) is 11.4 Å². The number of para-hydroxylation sites is 1. The lowest BCUT2D eigenvalue weighted by Gasteiger charge is -2.24. The molecule has 0 aliphatic heterocycles. The normalized spacial score (nSPS) is 10.9. The van der Waals surface area contributed by atoms with E-state index < -0.39 is 39.3 Å². The summed E-state index contributed by atoms with van der Waals surface area (Å²) >= 11 is 0. The molecule has 38 heavy (non-hydrogen) atoms. The van der Waals surface area contributed by atoms with Gasteiger partial charge in [0.2, 0.25) is 0 Å². The molecule has 0 aromatic heterocycles. The van der Waals surface area contributed by atoms with Gasteiger partial charge in [0.15, 0.2) is 6.61 Å². The topological polar surface area (TPSA) is 153 Å². The zero-order chi connectivity index (χ0) is 27.7. The first-order chi connectivity index (χ1) is 18.1. The van der Waals surface area contributed by atoms with E-state index in [9.17, 15) is 32.9 Å². The summed E-state index contributed by atoms with van der Waals surface area (Å²) in [4.78, 5) is 46.9. The summed E-state index contributed by atoms with van der Waals surface area (Å²) in [5.41, 5.74) is -0.0684. The lowest BCUT2D eigenvalue weighted by Crippen LogP contribution is -2.34. The van der Waals surface area contributed by atoms with Gasteiger partial charge in [-0.2, -0.15) is 0 Å². The van der Waals surface area contributed by atoms with Crippen LogP contribution in [0.1, 0.15) is 40.5 Å². The first-order valence-electron chi connectivity index (χ1n) is 11.6. The fraction of sp³-hybridized carbons (Fsp3) is 0.192. The van der Waals surface area contributed by atoms with E-state index >= 15 is 0 Å². The van der Waals surface area contributed by atoms with E-state index in [2.05, 4.69) is 0 Å². The molecule has 0 aliphatic carbocycles. The van der Waals surface area contributed by atoms with Crippen LogP contribution < -0.4 is 9.62 Å². The van der Waals surface area contributed by atoms with Crippen LogP contribution in [0.3, 0.4) is 0 Å². The Morgan fingerprint density at radius 3 is 2.32 bits per heavy atom. The number of unbranched alkanes of at least 4 members (excludes halogenated alkanes) is 1. The molecule has 1 N–H and O–H groups in total. The van der Waals surface area contributed by atoms with Crippen LogP contribution >= 0.6 is 0 Å². The number of imide groups is 1. The second-order valence-corrected chi connectivity index (χ2v) is 9.92. The Labute approximate surface area is 219 Å². The molecule has 0 unspecified atom stereocenters. The van der Waals surface area contributed by atoms with Crippen LogP contribution in [-0.4, -0.2) is 44.3 Å². The van der Waals surface area contributed by atoms with Crippen LogP contribution in [-0.2, 0) is 19.6 Å². The van der Waals surface area contributed by atoms with Crippen molar-refractivity contribution >= 4 is 39.2 Å². The molecule has 12 heteroatoms. The molecule has 0 saturated heterocycles. The highest BCUT2D eigenvalue weighted by Gasteiger charge is 2.26. The molecule has 0 heterocycles. The number of carbonyl (C=O) groups excluding carboxylic acids is 3. The number of nitro benzene ring substituents is 1. The van der Waals surface area contributed by atoms with E-state index in [0.29, 0.717) is 12.1 Å². The number of hydrogen-bond donors (Lipinski definition) is 1. The zero-order valence-electron chi connectivity index (χ0n) is 20.4. The van der Waals surface area contributed by atoms with Gasteiger partial charge < -0.3 is 4.74 Å². The van der Waals surface area contributed by atoms with E-state index in [0.717, 1.165) is 18.6 Å². The molecular weight excluding hydrogens is 514 g/mol. The molecule has 0 fully saturated rings. The van der Waals surface area contributed by atoms with Crippen molar-refractivity contribution in [2.45, 2.75) is 24.7 Å². The third kappa shape index (κ3) is 7.01. The third-order valence-electron chi connectivity index (χ3n) is 5.32. The van der Waals surface area contributed by atoms with Crippen LogP contribution in [0.5, 0.6) is 0 Å². The minimum absolute atomic E-state index is 0.104. The summed E-state index contributed by atoms with van der Waals surface area (Å²) in [6.07, 6.45) is 1.40. The lowest BCUT2D eigenvalue weighted by molar-refractivity contribution is -0.384. The predicted octanol–water partition coefficient (Wildman–Crippen LogP) is 3.70. The average Bonchev–Trinajstić information content (AvgIpc) is 2.92. The lowest BCUT2D eigenvalue weighted by atomic mass is 10.2. The number of sulfonamides is 1. The van der Waals surface area contributed by atoms with Gasteiger partial charge in [0.1, 0.15) is 0 Å². The molecule has 0 atom stereocenters. The number of nitro groups is 1. The van der Waals surface area contributed by atoms with E-state index in [1.54, 1.807) is 30.3 Å². The van der Waals surface area contributed by atoms with Crippen LogP contribution in [0.15, 0.2) is 83.8 Å². The predicted molar refractivity (Wildman–Crippen MR) is 138 cm³/mol. The summed E-state index contributed by atoms with van der Waals surface area (Å²) in [5, 5.41) is 12.8. The number of rotatable bonds is 11. The van der Waals surface area contributed by atoms with Crippen LogP contribution in [0, 0.1) is 10.1 Å². The second kappa shape index (κ2) is 12.6. The van der Waals surface area contributed by atoms with Crippen molar-refractivity contribution in [3.05, 3.63) is 100 Å². The first-order valence-corrected chi connectivity index (χ1v) is 13.0. The van der Waals surface area contributed by atoms with E-state index in [1.165, 1.54) is 40.7 Å². The number of nitrogens with one attached hydrogen (secondary N) is 1. The van der Waals surface area contributed by atoms with Crippen molar-refractivity contribution in [2.24, 2.45) is 0 Å². The molecule has 0 aliphatic rings. The first kappa shape index (κ1) is 28.0. The van der Waals surface area contributed by atoms with Gasteiger partial charge in [-0.05, 0) is 42.8 Å². The number of anilines is 1. The van der Waals surface area contributed by atoms with Crippen LogP contribution in [0.25, 0.3) is 0 Å². The van der Waals surface area contributed by atoms with Gasteiger partial charge in [-0.1, -0.05) is 43.7 Å². The summed E-state index contributed by atoms with van der Waals surface area (Å²) in [7, 11) is -4.02. The third-order valence-corrected chi connectivity index (χ3v) is 7.15. The maximum Gasteiger partial charge on any atom is 0.338 e. The molecule has 198 valence electrons. The Kier molecular flexibility index (Phi) is 9.28. The number of nitrogens with zero attached hydrogens (tertiary/aromatic N) is 2. The fourth-order valence-electron chi connectivity index (χ4n) is 3.40. The standard InChI is InChI=1S/C26H25N3O8S/c1-2-3-15-28(21-11-5-4-6-12-21)38(35,36)23-14-8-10-20(17-23)26(32)37-18-24(30)27-25(31)19-9-7-13-22(16-19)29(33)34/h4-14,16-17H,2-3,15,18H2,1H3,(H,27,30,31). The number of ether oxygens (including phenoxy) is 1. The number of carbonyl (C=O) groups is 3. The van der Waals surface area contributed by atoms with Gasteiger partial charge in [-0.15, -0.1) is 0 Å². The van der Waals surface area contributed by atoms with Crippen LogP contribution in [0.2, 0.25) is 0 Å². The molecule has 0 saturated carbocycles. The van der Waals surface area contributed by atoms with Crippen molar-refractivity contribution in [2.75, 3.05) is 17.5 Å². The molecule has 0 spiro atoms. The Hall–Kier alpha value is -4.58. The molecular formula is C26H25N3O8S. The van der Waals surface area contributed by atoms with Gasteiger partial charge >= 0.3 is 5.97 Å². The van der Waals surface area contributed by atoms with Gasteiger partial charge in [0.05, 0.1) is 21.1 Å². The highest BCUT2D eigenvalue weighted by Crippen LogP contribution is 2.25. The Morgan fingerprint density at radius 2 is 1.63 bits per heavy atom. The van der Waals surface area contributed by atoms with Gasteiger partial charge in [0.25, 0.3) is 27.5 Å². The zero-order valence-corrected chi connectivity index (χ0v) is 21.2. The minimum Gasteiger partial charge on any atom is -0.452 e. The maximum absolute atomic E-state index is 13.4. The smallest absolute Gasteiger partial charge is 0.338 e. The number of esters is 1. The number of non-ortho nitro benzene ring substituents is 1. The Balaban J connectivity index is 1.69.